The van der Waals surface area contributed by atoms with Crippen molar-refractivity contribution in [2.45, 2.75) is 72.1 Å². The van der Waals surface area contributed by atoms with Crippen molar-refractivity contribution in [3.63, 3.8) is 0 Å². The number of allylic oxidation sites excluding steroid dienone is 1. The van der Waals surface area contributed by atoms with Gasteiger partial charge in [-0.25, -0.2) is 0 Å². The zero-order valence-electron chi connectivity index (χ0n) is 15.9. The fourth-order valence-corrected chi connectivity index (χ4v) is 7.59. The van der Waals surface area contributed by atoms with Crippen LogP contribution in [-0.4, -0.2) is 16.9 Å². The van der Waals surface area contributed by atoms with Crippen molar-refractivity contribution in [2.75, 3.05) is 0 Å². The molecular formula is C22H32O3. The van der Waals surface area contributed by atoms with E-state index in [9.17, 15) is 14.7 Å². The molecule has 1 N–H and O–H groups in total. The van der Waals surface area contributed by atoms with Crippen molar-refractivity contribution in [1.82, 2.24) is 0 Å². The van der Waals surface area contributed by atoms with Crippen molar-refractivity contribution >= 4 is 11.8 Å². The van der Waals surface area contributed by atoms with Crippen molar-refractivity contribution < 1.29 is 14.7 Å². The number of hydrogen-bond donors (Lipinski definition) is 1. The van der Waals surface area contributed by atoms with Gasteiger partial charge in [0.25, 0.3) is 0 Å². The lowest BCUT2D eigenvalue weighted by molar-refractivity contribution is -0.146. The highest BCUT2D eigenvalue weighted by Gasteiger charge is 2.60. The third-order valence-corrected chi connectivity index (χ3v) is 9.03. The fourth-order valence-electron chi connectivity index (χ4n) is 7.59. The van der Waals surface area contributed by atoms with Crippen LogP contribution in [0.5, 0.6) is 0 Å². The molecule has 7 atom stereocenters. The molecule has 3 saturated carbocycles. The van der Waals surface area contributed by atoms with E-state index in [1.54, 1.807) is 0 Å². The van der Waals surface area contributed by atoms with Gasteiger partial charge in [0.15, 0.2) is 5.78 Å². The molecule has 4 aliphatic rings. The van der Waals surface area contributed by atoms with E-state index in [4.69, 9.17) is 0 Å². The molecule has 0 heterocycles. The summed E-state index contributed by atoms with van der Waals surface area (Å²) >= 11 is 0. The molecule has 4 unspecified atom stereocenters. The second kappa shape index (κ2) is 5.69. The van der Waals surface area contributed by atoms with Gasteiger partial charge in [-0.15, -0.1) is 0 Å². The number of carbonyl (C=O) groups is 2. The zero-order chi connectivity index (χ0) is 18.0. The smallest absolute Gasteiger partial charge is 0.306 e. The van der Waals surface area contributed by atoms with E-state index in [0.29, 0.717) is 30.0 Å². The first kappa shape index (κ1) is 17.3. The van der Waals surface area contributed by atoms with Crippen LogP contribution in [0.3, 0.4) is 0 Å². The van der Waals surface area contributed by atoms with Gasteiger partial charge < -0.3 is 5.11 Å². The number of carboxylic acid groups (broad SMARTS) is 1. The molecule has 0 spiro atoms. The van der Waals surface area contributed by atoms with Gasteiger partial charge in [0.1, 0.15) is 0 Å². The van der Waals surface area contributed by atoms with E-state index in [1.807, 2.05) is 13.0 Å². The number of carbonyl (C=O) groups excluding carboxylic acids is 1. The van der Waals surface area contributed by atoms with E-state index in [0.717, 1.165) is 31.6 Å². The van der Waals surface area contributed by atoms with Crippen molar-refractivity contribution in [1.29, 1.82) is 0 Å². The first-order valence-electron chi connectivity index (χ1n) is 10.2. The Bertz CT molecular complexity index is 635. The summed E-state index contributed by atoms with van der Waals surface area (Å²) in [6.07, 6.45) is 10.6. The molecule has 4 rings (SSSR count). The second-order valence-electron chi connectivity index (χ2n) is 9.82. The van der Waals surface area contributed by atoms with E-state index >= 15 is 0 Å². The minimum atomic E-state index is -0.624. The molecule has 4 aliphatic carbocycles. The molecule has 138 valence electrons. The molecule has 0 aromatic heterocycles. The minimum Gasteiger partial charge on any atom is -0.481 e. The molecular weight excluding hydrogens is 312 g/mol. The van der Waals surface area contributed by atoms with Crippen LogP contribution in [0.4, 0.5) is 0 Å². The largest absolute Gasteiger partial charge is 0.481 e. The Labute approximate surface area is 151 Å². The van der Waals surface area contributed by atoms with Crippen molar-refractivity contribution in [3.05, 3.63) is 11.6 Å². The third kappa shape index (κ3) is 2.37. The summed E-state index contributed by atoms with van der Waals surface area (Å²) in [4.78, 5) is 23.5. The molecule has 0 bridgehead atoms. The van der Waals surface area contributed by atoms with Gasteiger partial charge in [-0.2, -0.15) is 0 Å². The second-order valence-corrected chi connectivity index (χ2v) is 9.82. The Balaban J connectivity index is 1.63. The Hall–Kier alpha value is -1.12. The standard InChI is InChI=1S/C22H32O3/c1-13(20(24)25)17-6-7-18-16-5-4-14-12-15(23)8-10-21(14,2)19(16)9-11-22(17,18)3/h12-13,16-19H,4-11H2,1-3H3,(H,24,25)/t13-,16?,17+,18?,19?,21-,22?/m0/s1. The van der Waals surface area contributed by atoms with Crippen LogP contribution in [-0.2, 0) is 9.59 Å². The van der Waals surface area contributed by atoms with Gasteiger partial charge in [0.2, 0.25) is 0 Å². The van der Waals surface area contributed by atoms with E-state index in [1.165, 1.54) is 24.8 Å². The summed E-state index contributed by atoms with van der Waals surface area (Å²) in [5, 5.41) is 9.56. The number of carboxylic acids is 1. The first-order chi connectivity index (χ1) is 11.8. The topological polar surface area (TPSA) is 54.4 Å². The summed E-state index contributed by atoms with van der Waals surface area (Å²) in [6, 6.07) is 0. The molecule has 3 heteroatoms. The molecule has 0 amide bonds. The number of hydrogen-bond acceptors (Lipinski definition) is 2. The summed E-state index contributed by atoms with van der Waals surface area (Å²) in [6.45, 7) is 6.72. The van der Waals surface area contributed by atoms with Crippen LogP contribution in [0.15, 0.2) is 11.6 Å². The Morgan fingerprint density at radius 1 is 1.12 bits per heavy atom. The first-order valence-corrected chi connectivity index (χ1v) is 10.2. The maximum atomic E-state index is 11.9. The Kier molecular flexibility index (Phi) is 3.94. The number of aliphatic carboxylic acids is 1. The highest BCUT2D eigenvalue weighted by Crippen LogP contribution is 2.67. The van der Waals surface area contributed by atoms with Crippen LogP contribution in [0.2, 0.25) is 0 Å². The maximum absolute atomic E-state index is 11.9. The van der Waals surface area contributed by atoms with Gasteiger partial charge in [0, 0.05) is 6.42 Å². The quantitative estimate of drug-likeness (QED) is 0.778. The summed E-state index contributed by atoms with van der Waals surface area (Å²) in [5.74, 6) is 1.89. The summed E-state index contributed by atoms with van der Waals surface area (Å²) in [5.41, 5.74) is 1.83. The van der Waals surface area contributed by atoms with Gasteiger partial charge in [-0.05, 0) is 85.5 Å². The average Bonchev–Trinajstić information content (AvgIpc) is 2.92. The van der Waals surface area contributed by atoms with Crippen LogP contribution < -0.4 is 0 Å². The molecule has 0 radical (unpaired) electrons. The lowest BCUT2D eigenvalue weighted by Crippen LogP contribution is -2.51. The van der Waals surface area contributed by atoms with E-state index in [-0.39, 0.29) is 16.7 Å². The molecule has 0 aliphatic heterocycles. The van der Waals surface area contributed by atoms with Gasteiger partial charge in [-0.1, -0.05) is 26.3 Å². The van der Waals surface area contributed by atoms with Gasteiger partial charge in [0.05, 0.1) is 5.92 Å². The van der Waals surface area contributed by atoms with E-state index < -0.39 is 5.97 Å². The van der Waals surface area contributed by atoms with Crippen LogP contribution in [0, 0.1) is 40.4 Å². The van der Waals surface area contributed by atoms with E-state index in [2.05, 4.69) is 13.8 Å². The normalized spacial score (nSPS) is 47.3. The number of rotatable bonds is 2. The van der Waals surface area contributed by atoms with Gasteiger partial charge >= 0.3 is 5.97 Å². The monoisotopic (exact) mass is 344 g/mol. The van der Waals surface area contributed by atoms with Crippen LogP contribution in [0.1, 0.15) is 72.1 Å². The fraction of sp³-hybridized carbons (Fsp3) is 0.818. The minimum absolute atomic E-state index is 0.195. The highest BCUT2D eigenvalue weighted by molar-refractivity contribution is 5.91. The van der Waals surface area contributed by atoms with Gasteiger partial charge in [-0.3, -0.25) is 9.59 Å². The molecule has 0 saturated heterocycles. The van der Waals surface area contributed by atoms with Crippen molar-refractivity contribution in [3.8, 4) is 0 Å². The maximum Gasteiger partial charge on any atom is 0.306 e. The predicted molar refractivity (Wildman–Crippen MR) is 97.0 cm³/mol. The summed E-state index contributed by atoms with van der Waals surface area (Å²) < 4.78 is 0. The molecule has 3 nitrogen and oxygen atoms in total. The Morgan fingerprint density at radius 3 is 2.60 bits per heavy atom. The average molecular weight is 344 g/mol. The number of fused-ring (bicyclic) bond motifs is 5. The predicted octanol–water partition coefficient (Wildman–Crippen LogP) is 4.86. The molecule has 0 aromatic rings. The molecule has 25 heavy (non-hydrogen) atoms. The third-order valence-electron chi connectivity index (χ3n) is 9.03. The lowest BCUT2D eigenvalue weighted by atomic mass is 9.46. The van der Waals surface area contributed by atoms with Crippen molar-refractivity contribution in [2.24, 2.45) is 40.4 Å². The Morgan fingerprint density at radius 2 is 1.88 bits per heavy atom. The molecule has 0 aromatic carbocycles. The van der Waals surface area contributed by atoms with Crippen LogP contribution >= 0.6 is 0 Å². The lowest BCUT2D eigenvalue weighted by Gasteiger charge is -2.58. The zero-order valence-corrected chi connectivity index (χ0v) is 15.9. The number of ketones is 1. The summed E-state index contributed by atoms with van der Waals surface area (Å²) in [7, 11) is 0. The molecule has 3 fully saturated rings. The van der Waals surface area contributed by atoms with Crippen LogP contribution in [0.25, 0.3) is 0 Å². The SMILES string of the molecule is C[C@H](C(=O)O)[C@H]1CCC2C3CCC4=CC(=O)CC[C@]4(C)C3CCC21C. The highest BCUT2D eigenvalue weighted by atomic mass is 16.4.